The molecule has 0 spiro atoms. The number of aromatic nitrogens is 6. The van der Waals surface area contributed by atoms with Crippen molar-refractivity contribution in [2.45, 2.75) is 65.2 Å². The maximum Gasteiger partial charge on any atom is 0.410 e. The van der Waals surface area contributed by atoms with Crippen LogP contribution in [0.4, 0.5) is 13.6 Å². The molecule has 0 radical (unpaired) electrons. The maximum absolute atomic E-state index is 14.4. The number of piperidine rings is 1. The molecule has 1 aliphatic rings. The van der Waals surface area contributed by atoms with Gasteiger partial charge in [0.15, 0.2) is 5.82 Å². The number of carbonyl (C=O) groups is 1. The number of hydrogen-bond donors (Lipinski definition) is 0. The molecule has 0 aromatic carbocycles. The molecule has 1 amide bonds. The fraction of sp³-hybridized carbons (Fsp3) is 0.429. The molecule has 214 valence electrons. The van der Waals surface area contributed by atoms with E-state index in [0.717, 1.165) is 18.0 Å². The third kappa shape index (κ3) is 5.68. The molecule has 0 unspecified atom stereocenters. The number of halogens is 2. The van der Waals surface area contributed by atoms with Crippen LogP contribution in [0.3, 0.4) is 0 Å². The van der Waals surface area contributed by atoms with Gasteiger partial charge < -0.3 is 14.4 Å². The number of rotatable bonds is 5. The second-order valence-electron chi connectivity index (χ2n) is 11.0. The van der Waals surface area contributed by atoms with Gasteiger partial charge in [0.05, 0.1) is 24.1 Å². The molecule has 41 heavy (non-hydrogen) atoms. The molecule has 0 N–H and O–H groups in total. The van der Waals surface area contributed by atoms with Crippen LogP contribution in [-0.4, -0.2) is 59.0 Å². The number of likely N-dealkylation sites (tertiary alicyclic amines) is 1. The number of imidazole rings is 1. The van der Waals surface area contributed by atoms with Crippen molar-refractivity contribution in [3.63, 3.8) is 0 Å². The molecule has 1 atom stereocenters. The van der Waals surface area contributed by atoms with E-state index < -0.39 is 23.3 Å². The Labute approximate surface area is 235 Å². The quantitative estimate of drug-likeness (QED) is 0.326. The second-order valence-corrected chi connectivity index (χ2v) is 11.0. The van der Waals surface area contributed by atoms with Gasteiger partial charge in [-0.15, -0.1) is 5.10 Å². The standard InChI is InChI=1S/C28H30F2N8O3/c1-16-25(34-35-38(16)20-6-8-36(9-7-20)27(39)41-28(3,4)5)18-10-23-32-15-21(13-31)37(23)24(11-18)40-17(2)26-22(30)12-19(29)14-33-26/h10-12,14-15,17,20H,6-9H2,1-5H3/t17-/m1/s1. The molecule has 1 aliphatic heterocycles. The summed E-state index contributed by atoms with van der Waals surface area (Å²) in [6.45, 7) is 10.1. The fourth-order valence-corrected chi connectivity index (χ4v) is 4.92. The molecule has 5 rings (SSSR count). The number of nitriles is 1. The molecule has 0 saturated carbocycles. The average molecular weight is 565 g/mol. The second kappa shape index (κ2) is 10.8. The molecule has 1 fully saturated rings. The number of ether oxygens (including phenoxy) is 2. The summed E-state index contributed by atoms with van der Waals surface area (Å²) in [4.78, 5) is 22.4. The van der Waals surface area contributed by atoms with Crippen LogP contribution in [0.2, 0.25) is 0 Å². The van der Waals surface area contributed by atoms with Crippen molar-refractivity contribution in [3.8, 4) is 23.2 Å². The summed E-state index contributed by atoms with van der Waals surface area (Å²) < 4.78 is 42.8. The number of amides is 1. The van der Waals surface area contributed by atoms with E-state index in [1.165, 1.54) is 10.6 Å². The SMILES string of the molecule is Cc1c(-c2cc(O[C@H](C)c3ncc(F)cc3F)n3c(C#N)cnc3c2)nnn1C1CCN(C(=O)OC(C)(C)C)CC1. The molecule has 0 bridgehead atoms. The highest BCUT2D eigenvalue weighted by Crippen LogP contribution is 2.33. The van der Waals surface area contributed by atoms with Crippen molar-refractivity contribution < 1.29 is 23.0 Å². The van der Waals surface area contributed by atoms with E-state index in [0.29, 0.717) is 42.8 Å². The van der Waals surface area contributed by atoms with E-state index in [2.05, 4.69) is 26.3 Å². The number of fused-ring (bicyclic) bond motifs is 1. The highest BCUT2D eigenvalue weighted by Gasteiger charge is 2.29. The van der Waals surface area contributed by atoms with E-state index in [1.54, 1.807) is 24.0 Å². The topological polar surface area (TPSA) is 123 Å². The predicted octanol–water partition coefficient (Wildman–Crippen LogP) is 5.16. The molecular formula is C28H30F2N8O3. The van der Waals surface area contributed by atoms with Gasteiger partial charge in [-0.1, -0.05) is 5.21 Å². The van der Waals surface area contributed by atoms with Crippen molar-refractivity contribution in [2.75, 3.05) is 13.1 Å². The van der Waals surface area contributed by atoms with Crippen LogP contribution in [-0.2, 0) is 4.74 Å². The summed E-state index contributed by atoms with van der Waals surface area (Å²) >= 11 is 0. The van der Waals surface area contributed by atoms with Crippen LogP contribution in [0.15, 0.2) is 30.6 Å². The minimum absolute atomic E-state index is 0.0403. The zero-order chi connectivity index (χ0) is 29.5. The molecular weight excluding hydrogens is 534 g/mol. The lowest BCUT2D eigenvalue weighted by Gasteiger charge is -2.33. The number of pyridine rings is 2. The Kier molecular flexibility index (Phi) is 7.33. The Hall–Kier alpha value is -4.60. The van der Waals surface area contributed by atoms with Gasteiger partial charge in [0.2, 0.25) is 5.88 Å². The monoisotopic (exact) mass is 564 g/mol. The lowest BCUT2D eigenvalue weighted by atomic mass is 10.0. The molecule has 1 saturated heterocycles. The molecule has 4 aromatic heterocycles. The number of carbonyl (C=O) groups excluding carboxylic acids is 1. The smallest absolute Gasteiger partial charge is 0.410 e. The van der Waals surface area contributed by atoms with Gasteiger partial charge in [-0.25, -0.2) is 23.2 Å². The van der Waals surface area contributed by atoms with Gasteiger partial charge >= 0.3 is 6.09 Å². The van der Waals surface area contributed by atoms with E-state index in [9.17, 15) is 18.8 Å². The van der Waals surface area contributed by atoms with Gasteiger partial charge in [0.25, 0.3) is 0 Å². The third-order valence-corrected chi connectivity index (χ3v) is 6.87. The van der Waals surface area contributed by atoms with E-state index >= 15 is 0 Å². The Morgan fingerprint density at radius 2 is 1.88 bits per heavy atom. The average Bonchev–Trinajstić information content (AvgIpc) is 3.51. The minimum atomic E-state index is -0.907. The van der Waals surface area contributed by atoms with Crippen LogP contribution in [0.1, 0.15) is 69.8 Å². The van der Waals surface area contributed by atoms with Crippen molar-refractivity contribution in [2.24, 2.45) is 0 Å². The van der Waals surface area contributed by atoms with E-state index in [1.807, 2.05) is 32.4 Å². The van der Waals surface area contributed by atoms with Gasteiger partial charge in [0, 0.05) is 30.8 Å². The summed E-state index contributed by atoms with van der Waals surface area (Å²) in [6, 6.07) is 6.30. The Morgan fingerprint density at radius 3 is 2.54 bits per heavy atom. The molecule has 11 nitrogen and oxygen atoms in total. The molecule has 5 heterocycles. The van der Waals surface area contributed by atoms with Crippen molar-refractivity contribution in [3.05, 3.63) is 59.3 Å². The molecule has 4 aromatic rings. The van der Waals surface area contributed by atoms with Crippen LogP contribution >= 0.6 is 0 Å². The Bertz CT molecular complexity index is 1640. The Balaban J connectivity index is 1.42. The first kappa shape index (κ1) is 27.9. The van der Waals surface area contributed by atoms with Gasteiger partial charge in [-0.3, -0.25) is 9.38 Å². The lowest BCUT2D eigenvalue weighted by Crippen LogP contribution is -2.42. The van der Waals surface area contributed by atoms with Crippen molar-refractivity contribution >= 4 is 11.7 Å². The van der Waals surface area contributed by atoms with Crippen LogP contribution in [0.25, 0.3) is 16.9 Å². The number of hydrogen-bond acceptors (Lipinski definition) is 8. The van der Waals surface area contributed by atoms with E-state index in [-0.39, 0.29) is 29.4 Å². The van der Waals surface area contributed by atoms with Crippen molar-refractivity contribution in [1.82, 2.24) is 34.3 Å². The predicted molar refractivity (Wildman–Crippen MR) is 143 cm³/mol. The zero-order valence-corrected chi connectivity index (χ0v) is 23.4. The first-order chi connectivity index (χ1) is 19.4. The summed E-state index contributed by atoms with van der Waals surface area (Å²) in [5, 5.41) is 18.5. The van der Waals surface area contributed by atoms with Gasteiger partial charge in [-0.05, 0) is 53.5 Å². The first-order valence-corrected chi connectivity index (χ1v) is 13.2. The normalized spacial score (nSPS) is 15.1. The summed E-state index contributed by atoms with van der Waals surface area (Å²) in [7, 11) is 0. The van der Waals surface area contributed by atoms with Crippen LogP contribution in [0.5, 0.6) is 5.88 Å². The van der Waals surface area contributed by atoms with E-state index in [4.69, 9.17) is 9.47 Å². The Morgan fingerprint density at radius 1 is 1.15 bits per heavy atom. The highest BCUT2D eigenvalue weighted by molar-refractivity contribution is 5.69. The highest BCUT2D eigenvalue weighted by atomic mass is 19.1. The zero-order valence-electron chi connectivity index (χ0n) is 23.4. The third-order valence-electron chi connectivity index (χ3n) is 6.87. The summed E-state index contributed by atoms with van der Waals surface area (Å²) in [6.07, 6.45) is 2.48. The fourth-order valence-electron chi connectivity index (χ4n) is 4.92. The van der Waals surface area contributed by atoms with Gasteiger partial charge in [-0.2, -0.15) is 5.26 Å². The van der Waals surface area contributed by atoms with Crippen molar-refractivity contribution in [1.29, 1.82) is 5.26 Å². The lowest BCUT2D eigenvalue weighted by molar-refractivity contribution is 0.0183. The maximum atomic E-state index is 14.4. The molecule has 13 heteroatoms. The molecule has 0 aliphatic carbocycles. The van der Waals surface area contributed by atoms with Crippen LogP contribution in [0, 0.1) is 29.9 Å². The van der Waals surface area contributed by atoms with Crippen LogP contribution < -0.4 is 4.74 Å². The van der Waals surface area contributed by atoms with Gasteiger partial charge in [0.1, 0.15) is 46.3 Å². The number of nitrogens with zero attached hydrogens (tertiary/aromatic N) is 8. The summed E-state index contributed by atoms with van der Waals surface area (Å²) in [5.74, 6) is -1.42. The first-order valence-electron chi connectivity index (χ1n) is 13.2. The largest absolute Gasteiger partial charge is 0.469 e. The summed E-state index contributed by atoms with van der Waals surface area (Å²) in [5.41, 5.74) is 2.04. The minimum Gasteiger partial charge on any atom is -0.469 e.